The van der Waals surface area contributed by atoms with Crippen LogP contribution in [0.15, 0.2) is 18.7 Å². The van der Waals surface area contributed by atoms with Crippen molar-refractivity contribution in [2.45, 2.75) is 20.3 Å². The average Bonchev–Trinajstić information content (AvgIpc) is 2.73. The summed E-state index contributed by atoms with van der Waals surface area (Å²) in [4.78, 5) is 11.1. The molecule has 0 spiro atoms. The van der Waals surface area contributed by atoms with Gasteiger partial charge in [0.15, 0.2) is 0 Å². The van der Waals surface area contributed by atoms with Crippen LogP contribution in [0.2, 0.25) is 0 Å². The molecule has 0 aliphatic rings. The first kappa shape index (κ1) is 12.8. The lowest BCUT2D eigenvalue weighted by Crippen LogP contribution is -2.06. The van der Waals surface area contributed by atoms with Crippen LogP contribution >= 0.6 is 11.3 Å². The highest BCUT2D eigenvalue weighted by Crippen LogP contribution is 2.30. The fraction of sp³-hybridized carbons (Fsp3) is 0.385. The monoisotopic (exact) mass is 263 g/mol. The van der Waals surface area contributed by atoms with E-state index in [0.717, 1.165) is 23.2 Å². The van der Waals surface area contributed by atoms with E-state index in [9.17, 15) is 0 Å². The minimum Gasteiger partial charge on any atom is -0.473 e. The van der Waals surface area contributed by atoms with Crippen molar-refractivity contribution in [2.24, 2.45) is 0 Å². The predicted octanol–water partition coefficient (Wildman–Crippen LogP) is 3.39. The number of nitrogens with one attached hydrogen (secondary N) is 1. The molecule has 4 nitrogen and oxygen atoms in total. The van der Waals surface area contributed by atoms with E-state index >= 15 is 0 Å². The average molecular weight is 263 g/mol. The van der Waals surface area contributed by atoms with Crippen molar-refractivity contribution >= 4 is 27.5 Å². The van der Waals surface area contributed by atoms with Gasteiger partial charge in [0.25, 0.3) is 0 Å². The number of fused-ring (bicyclic) bond motifs is 1. The summed E-state index contributed by atoms with van der Waals surface area (Å²) in [5, 5.41) is 4.16. The summed E-state index contributed by atoms with van der Waals surface area (Å²) in [7, 11) is 0. The molecule has 96 valence electrons. The van der Waals surface area contributed by atoms with E-state index < -0.39 is 0 Å². The second-order valence-electron chi connectivity index (χ2n) is 3.95. The number of hydrogen-bond donors (Lipinski definition) is 1. The van der Waals surface area contributed by atoms with Gasteiger partial charge in [-0.1, -0.05) is 19.6 Å². The highest BCUT2D eigenvalue weighted by Gasteiger charge is 2.11. The molecule has 0 saturated carbocycles. The molecule has 0 aliphatic carbocycles. The zero-order chi connectivity index (χ0) is 13.0. The van der Waals surface area contributed by atoms with Gasteiger partial charge in [-0.15, -0.1) is 11.3 Å². The van der Waals surface area contributed by atoms with E-state index in [1.165, 1.54) is 4.88 Å². The molecular formula is C13H17N3OS. The Balaban J connectivity index is 2.39. The third-order valence-electron chi connectivity index (χ3n) is 2.35. The van der Waals surface area contributed by atoms with Crippen molar-refractivity contribution < 1.29 is 4.74 Å². The fourth-order valence-electron chi connectivity index (χ4n) is 1.58. The summed E-state index contributed by atoms with van der Waals surface area (Å²) in [6.45, 7) is 9.13. The summed E-state index contributed by atoms with van der Waals surface area (Å²) in [5.41, 5.74) is 0. The lowest BCUT2D eigenvalue weighted by molar-refractivity contribution is 0.353. The zero-order valence-electron chi connectivity index (χ0n) is 10.7. The van der Waals surface area contributed by atoms with Gasteiger partial charge in [-0.2, -0.15) is 4.98 Å². The van der Waals surface area contributed by atoms with Crippen molar-refractivity contribution in [2.75, 3.05) is 18.5 Å². The smallest absolute Gasteiger partial charge is 0.227 e. The van der Waals surface area contributed by atoms with Gasteiger partial charge in [-0.05, 0) is 19.4 Å². The molecule has 2 rings (SSSR count). The maximum Gasteiger partial charge on any atom is 0.227 e. The molecule has 1 N–H and O–H groups in total. The molecule has 2 aromatic heterocycles. The number of anilines is 1. The van der Waals surface area contributed by atoms with Crippen LogP contribution in [0, 0.1) is 6.92 Å². The van der Waals surface area contributed by atoms with Crippen LogP contribution in [0.1, 0.15) is 18.2 Å². The molecular weight excluding hydrogens is 246 g/mol. The predicted molar refractivity (Wildman–Crippen MR) is 76.6 cm³/mol. The van der Waals surface area contributed by atoms with Gasteiger partial charge < -0.3 is 10.1 Å². The van der Waals surface area contributed by atoms with Crippen LogP contribution < -0.4 is 10.1 Å². The van der Waals surface area contributed by atoms with E-state index in [4.69, 9.17) is 4.74 Å². The SMILES string of the molecule is C=CCOc1nc(NCCC)nc2sc(C)cc12. The Kier molecular flexibility index (Phi) is 4.15. The third-order valence-corrected chi connectivity index (χ3v) is 3.30. The van der Waals surface area contributed by atoms with Gasteiger partial charge in [0.05, 0.1) is 5.39 Å². The van der Waals surface area contributed by atoms with Gasteiger partial charge in [0.2, 0.25) is 11.8 Å². The molecule has 0 atom stereocenters. The molecule has 0 fully saturated rings. The molecule has 0 aromatic carbocycles. The maximum absolute atomic E-state index is 5.60. The first-order valence-corrected chi connectivity index (χ1v) is 6.82. The lowest BCUT2D eigenvalue weighted by Gasteiger charge is -2.07. The van der Waals surface area contributed by atoms with Gasteiger partial charge in [-0.3, -0.25) is 0 Å². The zero-order valence-corrected chi connectivity index (χ0v) is 11.5. The second-order valence-corrected chi connectivity index (χ2v) is 5.19. The normalized spacial score (nSPS) is 10.6. The highest BCUT2D eigenvalue weighted by molar-refractivity contribution is 7.18. The Hall–Kier alpha value is -1.62. The minimum absolute atomic E-state index is 0.453. The Bertz CT molecular complexity index is 550. The van der Waals surface area contributed by atoms with Crippen LogP contribution in [-0.4, -0.2) is 23.1 Å². The van der Waals surface area contributed by atoms with Crippen LogP contribution in [-0.2, 0) is 0 Å². The van der Waals surface area contributed by atoms with E-state index in [0.29, 0.717) is 18.4 Å². The summed E-state index contributed by atoms with van der Waals surface area (Å²) in [6.07, 6.45) is 2.75. The summed E-state index contributed by atoms with van der Waals surface area (Å²) < 4.78 is 5.60. The number of nitrogens with zero attached hydrogens (tertiary/aromatic N) is 2. The molecule has 0 radical (unpaired) electrons. The first-order chi connectivity index (χ1) is 8.74. The largest absolute Gasteiger partial charge is 0.473 e. The Morgan fingerprint density at radius 1 is 1.50 bits per heavy atom. The summed E-state index contributed by atoms with van der Waals surface area (Å²) >= 11 is 1.65. The van der Waals surface area contributed by atoms with E-state index in [1.807, 2.05) is 0 Å². The number of aromatic nitrogens is 2. The van der Waals surface area contributed by atoms with Crippen molar-refractivity contribution in [3.63, 3.8) is 0 Å². The maximum atomic E-state index is 5.60. The van der Waals surface area contributed by atoms with Gasteiger partial charge >= 0.3 is 0 Å². The lowest BCUT2D eigenvalue weighted by atomic mass is 10.3. The number of aryl methyl sites for hydroxylation is 1. The van der Waals surface area contributed by atoms with Crippen molar-refractivity contribution in [1.29, 1.82) is 0 Å². The Labute approximate surface area is 111 Å². The minimum atomic E-state index is 0.453. The molecule has 2 aromatic rings. The molecule has 2 heterocycles. The Morgan fingerprint density at radius 2 is 2.33 bits per heavy atom. The molecule has 0 saturated heterocycles. The summed E-state index contributed by atoms with van der Waals surface area (Å²) in [5.74, 6) is 1.26. The molecule has 18 heavy (non-hydrogen) atoms. The van der Waals surface area contributed by atoms with Crippen LogP contribution in [0.3, 0.4) is 0 Å². The number of rotatable bonds is 6. The standard InChI is InChI=1S/C13H17N3OS/c1-4-6-14-13-15-11(17-7-5-2)10-8-9(3)18-12(10)16-13/h5,8H,2,4,6-7H2,1,3H3,(H,14,15,16). The van der Waals surface area contributed by atoms with E-state index in [-0.39, 0.29) is 0 Å². The highest BCUT2D eigenvalue weighted by atomic mass is 32.1. The molecule has 0 bridgehead atoms. The Morgan fingerprint density at radius 3 is 3.06 bits per heavy atom. The van der Waals surface area contributed by atoms with Gasteiger partial charge in [0, 0.05) is 11.4 Å². The number of ether oxygens (including phenoxy) is 1. The van der Waals surface area contributed by atoms with Crippen molar-refractivity contribution in [3.05, 3.63) is 23.6 Å². The fourth-order valence-corrected chi connectivity index (χ4v) is 2.45. The van der Waals surface area contributed by atoms with Gasteiger partial charge in [-0.25, -0.2) is 4.98 Å². The third kappa shape index (κ3) is 2.79. The van der Waals surface area contributed by atoms with Crippen LogP contribution in [0.4, 0.5) is 5.95 Å². The van der Waals surface area contributed by atoms with Gasteiger partial charge in [0.1, 0.15) is 11.4 Å². The molecule has 5 heteroatoms. The molecule has 0 unspecified atom stereocenters. The topological polar surface area (TPSA) is 47.0 Å². The molecule has 0 amide bonds. The number of hydrogen-bond acceptors (Lipinski definition) is 5. The second kappa shape index (κ2) is 5.82. The van der Waals surface area contributed by atoms with Crippen LogP contribution in [0.5, 0.6) is 5.88 Å². The molecule has 0 aliphatic heterocycles. The first-order valence-electron chi connectivity index (χ1n) is 6.00. The van der Waals surface area contributed by atoms with E-state index in [2.05, 4.69) is 41.8 Å². The quantitative estimate of drug-likeness (QED) is 0.812. The van der Waals surface area contributed by atoms with Crippen molar-refractivity contribution in [1.82, 2.24) is 9.97 Å². The van der Waals surface area contributed by atoms with Crippen LogP contribution in [0.25, 0.3) is 10.2 Å². The van der Waals surface area contributed by atoms with Crippen molar-refractivity contribution in [3.8, 4) is 5.88 Å². The number of thiophene rings is 1. The summed E-state index contributed by atoms with van der Waals surface area (Å²) in [6, 6.07) is 2.06. The van der Waals surface area contributed by atoms with E-state index in [1.54, 1.807) is 17.4 Å².